The van der Waals surface area contributed by atoms with Crippen molar-refractivity contribution in [1.82, 2.24) is 5.32 Å². The zero-order valence-corrected chi connectivity index (χ0v) is 16.1. The van der Waals surface area contributed by atoms with Crippen LogP contribution >= 0.6 is 27.3 Å². The van der Waals surface area contributed by atoms with E-state index in [1.54, 1.807) is 41.7 Å². The molecule has 0 fully saturated rings. The molecule has 0 aliphatic heterocycles. The number of carbonyl (C=O) groups excluding carboxylic acids is 1. The molecule has 0 saturated carbocycles. The molecule has 0 unspecified atom stereocenters. The van der Waals surface area contributed by atoms with Gasteiger partial charge in [-0.3, -0.25) is 4.79 Å². The first-order chi connectivity index (χ1) is 12.7. The van der Waals surface area contributed by atoms with Crippen molar-refractivity contribution in [2.75, 3.05) is 0 Å². The van der Waals surface area contributed by atoms with Gasteiger partial charge >= 0.3 is 0 Å². The lowest BCUT2D eigenvalue weighted by Gasteiger charge is -2.09. The molecule has 3 rings (SSSR count). The Morgan fingerprint density at radius 1 is 1.15 bits per heavy atom. The maximum Gasteiger partial charge on any atom is 0.251 e. The second-order valence-corrected chi connectivity index (χ2v) is 8.02. The van der Waals surface area contributed by atoms with Gasteiger partial charge in [-0.2, -0.15) is 5.26 Å². The van der Waals surface area contributed by atoms with E-state index in [0.717, 1.165) is 14.2 Å². The zero-order valence-electron chi connectivity index (χ0n) is 13.7. The van der Waals surface area contributed by atoms with Crippen molar-refractivity contribution in [1.29, 1.82) is 5.26 Å². The van der Waals surface area contributed by atoms with Gasteiger partial charge in [0.1, 0.15) is 12.4 Å². The number of nitriles is 1. The third-order valence-corrected chi connectivity index (χ3v) is 5.30. The van der Waals surface area contributed by atoms with Crippen molar-refractivity contribution in [3.8, 4) is 11.8 Å². The first-order valence-corrected chi connectivity index (χ1v) is 9.50. The van der Waals surface area contributed by atoms with E-state index in [1.165, 1.54) is 0 Å². The summed E-state index contributed by atoms with van der Waals surface area (Å²) in [6.45, 7) is 0.758. The fourth-order valence-electron chi connectivity index (χ4n) is 2.36. The Bertz CT molecular complexity index is 962. The van der Waals surface area contributed by atoms with Crippen LogP contribution in [0.2, 0.25) is 0 Å². The summed E-state index contributed by atoms with van der Waals surface area (Å²) in [5.74, 6) is 0.432. The number of ether oxygens (including phenoxy) is 1. The molecule has 1 N–H and O–H groups in total. The van der Waals surface area contributed by atoms with Crippen molar-refractivity contribution < 1.29 is 9.53 Å². The predicted molar refractivity (Wildman–Crippen MR) is 105 cm³/mol. The van der Waals surface area contributed by atoms with Crippen LogP contribution in [-0.4, -0.2) is 5.91 Å². The monoisotopic (exact) mass is 426 g/mol. The SMILES string of the molecule is N#Cc1ccccc1COc1cccc(C(=O)NCc2ccc(Br)s2)c1. The number of benzene rings is 2. The lowest BCUT2D eigenvalue weighted by atomic mass is 10.1. The summed E-state index contributed by atoms with van der Waals surface area (Å²) in [4.78, 5) is 13.4. The van der Waals surface area contributed by atoms with Gasteiger partial charge in [-0.15, -0.1) is 11.3 Å². The Morgan fingerprint density at radius 3 is 2.77 bits per heavy atom. The summed E-state index contributed by atoms with van der Waals surface area (Å²) in [5, 5.41) is 12.0. The summed E-state index contributed by atoms with van der Waals surface area (Å²) in [6, 6.07) is 20.4. The third-order valence-electron chi connectivity index (χ3n) is 3.68. The van der Waals surface area contributed by atoms with Gasteiger partial charge < -0.3 is 10.1 Å². The van der Waals surface area contributed by atoms with Crippen LogP contribution in [0.15, 0.2) is 64.5 Å². The van der Waals surface area contributed by atoms with Gasteiger partial charge in [0, 0.05) is 16.0 Å². The molecule has 1 amide bonds. The number of carbonyl (C=O) groups is 1. The van der Waals surface area contributed by atoms with Crippen LogP contribution in [0, 0.1) is 11.3 Å². The van der Waals surface area contributed by atoms with E-state index in [2.05, 4.69) is 27.3 Å². The highest BCUT2D eigenvalue weighted by molar-refractivity contribution is 9.11. The summed E-state index contributed by atoms with van der Waals surface area (Å²) < 4.78 is 6.79. The number of hydrogen-bond acceptors (Lipinski definition) is 4. The van der Waals surface area contributed by atoms with Gasteiger partial charge in [-0.25, -0.2) is 0 Å². The number of hydrogen-bond donors (Lipinski definition) is 1. The van der Waals surface area contributed by atoms with Crippen LogP contribution < -0.4 is 10.1 Å². The van der Waals surface area contributed by atoms with Gasteiger partial charge in [-0.05, 0) is 52.3 Å². The first-order valence-electron chi connectivity index (χ1n) is 7.89. The maximum absolute atomic E-state index is 12.3. The Hall–Kier alpha value is -2.62. The molecular weight excluding hydrogens is 412 g/mol. The van der Waals surface area contributed by atoms with E-state index in [0.29, 0.717) is 23.4 Å². The van der Waals surface area contributed by atoms with Crippen LogP contribution in [0.1, 0.15) is 26.4 Å². The highest BCUT2D eigenvalue weighted by Crippen LogP contribution is 2.22. The minimum absolute atomic E-state index is 0.155. The van der Waals surface area contributed by atoms with Crippen molar-refractivity contribution in [3.05, 3.63) is 86.0 Å². The highest BCUT2D eigenvalue weighted by atomic mass is 79.9. The minimum atomic E-state index is -0.155. The Morgan fingerprint density at radius 2 is 2.00 bits per heavy atom. The number of nitrogens with zero attached hydrogens (tertiary/aromatic N) is 1. The van der Waals surface area contributed by atoms with Crippen molar-refractivity contribution in [3.63, 3.8) is 0 Å². The standard InChI is InChI=1S/C20H15BrN2O2S/c21-19-9-8-18(26-19)12-23-20(24)14-6-3-7-17(10-14)25-13-16-5-2-1-4-15(16)11-22/h1-10H,12-13H2,(H,23,24). The van der Waals surface area contributed by atoms with E-state index < -0.39 is 0 Å². The molecule has 2 aromatic carbocycles. The molecule has 0 radical (unpaired) electrons. The summed E-state index contributed by atoms with van der Waals surface area (Å²) in [7, 11) is 0. The second kappa shape index (κ2) is 8.65. The summed E-state index contributed by atoms with van der Waals surface area (Å²) in [5.41, 5.74) is 1.93. The summed E-state index contributed by atoms with van der Waals surface area (Å²) >= 11 is 5.00. The molecule has 0 aliphatic carbocycles. The van der Waals surface area contributed by atoms with Gasteiger partial charge in [0.05, 0.1) is 22.0 Å². The van der Waals surface area contributed by atoms with E-state index in [1.807, 2.05) is 30.3 Å². The molecule has 130 valence electrons. The number of thiophene rings is 1. The molecule has 26 heavy (non-hydrogen) atoms. The average molecular weight is 427 g/mol. The van der Waals surface area contributed by atoms with Gasteiger partial charge in [-0.1, -0.05) is 24.3 Å². The molecule has 0 atom stereocenters. The van der Waals surface area contributed by atoms with Crippen LogP contribution in [0.25, 0.3) is 0 Å². The topological polar surface area (TPSA) is 62.1 Å². The molecule has 4 nitrogen and oxygen atoms in total. The molecule has 1 aromatic heterocycles. The Labute approximate surface area is 164 Å². The number of halogens is 1. The molecular formula is C20H15BrN2O2S. The van der Waals surface area contributed by atoms with E-state index >= 15 is 0 Å². The van der Waals surface area contributed by atoms with Crippen molar-refractivity contribution in [2.45, 2.75) is 13.2 Å². The van der Waals surface area contributed by atoms with Crippen LogP contribution in [0.3, 0.4) is 0 Å². The highest BCUT2D eigenvalue weighted by Gasteiger charge is 2.08. The average Bonchev–Trinajstić information content (AvgIpc) is 3.10. The number of amides is 1. The lowest BCUT2D eigenvalue weighted by molar-refractivity contribution is 0.0951. The van der Waals surface area contributed by atoms with Crippen molar-refractivity contribution >= 4 is 33.2 Å². The second-order valence-electron chi connectivity index (χ2n) is 5.47. The van der Waals surface area contributed by atoms with Crippen molar-refractivity contribution in [2.24, 2.45) is 0 Å². The Balaban J connectivity index is 1.62. The van der Waals surface area contributed by atoms with E-state index in [4.69, 9.17) is 10.00 Å². The van der Waals surface area contributed by atoms with Crippen LogP contribution in [0.4, 0.5) is 0 Å². The zero-order chi connectivity index (χ0) is 18.4. The number of nitrogens with one attached hydrogen (secondary N) is 1. The fraction of sp³-hybridized carbons (Fsp3) is 0.100. The molecule has 1 heterocycles. The first kappa shape index (κ1) is 18.2. The molecule has 3 aromatic rings. The quantitative estimate of drug-likeness (QED) is 0.609. The largest absolute Gasteiger partial charge is 0.489 e. The van der Waals surface area contributed by atoms with Crippen LogP contribution in [-0.2, 0) is 13.2 Å². The van der Waals surface area contributed by atoms with E-state index in [9.17, 15) is 4.79 Å². The third kappa shape index (κ3) is 4.72. The maximum atomic E-state index is 12.3. The minimum Gasteiger partial charge on any atom is -0.489 e. The van der Waals surface area contributed by atoms with Gasteiger partial charge in [0.2, 0.25) is 0 Å². The smallest absolute Gasteiger partial charge is 0.251 e. The fourth-order valence-corrected chi connectivity index (χ4v) is 3.78. The molecule has 6 heteroatoms. The normalized spacial score (nSPS) is 10.2. The molecule has 0 bridgehead atoms. The summed E-state index contributed by atoms with van der Waals surface area (Å²) in [6.07, 6.45) is 0. The Kier molecular flexibility index (Phi) is 6.05. The van der Waals surface area contributed by atoms with Gasteiger partial charge in [0.25, 0.3) is 5.91 Å². The lowest BCUT2D eigenvalue weighted by Crippen LogP contribution is -2.22. The number of rotatable bonds is 6. The molecule has 0 saturated heterocycles. The molecule has 0 spiro atoms. The predicted octanol–water partition coefficient (Wildman–Crippen LogP) is 4.89. The molecule has 0 aliphatic rings. The van der Waals surface area contributed by atoms with Gasteiger partial charge in [0.15, 0.2) is 0 Å². The van der Waals surface area contributed by atoms with E-state index in [-0.39, 0.29) is 12.5 Å². The van der Waals surface area contributed by atoms with Crippen LogP contribution in [0.5, 0.6) is 5.75 Å².